The van der Waals surface area contributed by atoms with Crippen LogP contribution in [-0.2, 0) is 11.3 Å². The molecule has 4 heteroatoms. The van der Waals surface area contributed by atoms with Gasteiger partial charge in [0.25, 0.3) is 0 Å². The number of carbonyl (C=O) groups is 1. The molecule has 0 atom stereocenters. The zero-order chi connectivity index (χ0) is 12.3. The number of aliphatic carboxylic acids is 1. The van der Waals surface area contributed by atoms with Crippen molar-refractivity contribution in [1.29, 1.82) is 0 Å². The van der Waals surface area contributed by atoms with E-state index >= 15 is 0 Å². The first-order chi connectivity index (χ1) is 7.34. The average Bonchev–Trinajstić information content (AvgIpc) is 2.21. The lowest BCUT2D eigenvalue weighted by molar-refractivity contribution is -0.148. The van der Waals surface area contributed by atoms with Crippen LogP contribution in [-0.4, -0.2) is 28.6 Å². The molecule has 0 amide bonds. The third-order valence-corrected chi connectivity index (χ3v) is 2.81. The Morgan fingerprint density at radius 2 is 1.88 bits per heavy atom. The smallest absolute Gasteiger partial charge is 0.323 e. The maximum absolute atomic E-state index is 12.7. The van der Waals surface area contributed by atoms with E-state index in [0.29, 0.717) is 6.54 Å². The van der Waals surface area contributed by atoms with Crippen LogP contribution in [0.2, 0.25) is 0 Å². The van der Waals surface area contributed by atoms with Crippen molar-refractivity contribution in [2.24, 2.45) is 0 Å². The van der Waals surface area contributed by atoms with Crippen molar-refractivity contribution in [2.75, 3.05) is 7.05 Å². The molecule has 0 unspecified atom stereocenters. The Morgan fingerprint density at radius 1 is 1.38 bits per heavy atom. The van der Waals surface area contributed by atoms with Gasteiger partial charge in [-0.3, -0.25) is 9.69 Å². The fraction of sp³-hybridized carbons (Fsp3) is 0.417. The predicted molar refractivity (Wildman–Crippen MR) is 59.6 cm³/mol. The molecular weight excluding hydrogens is 209 g/mol. The number of hydrogen-bond acceptors (Lipinski definition) is 2. The molecule has 0 saturated heterocycles. The topological polar surface area (TPSA) is 40.5 Å². The van der Waals surface area contributed by atoms with Crippen molar-refractivity contribution in [3.05, 3.63) is 35.6 Å². The van der Waals surface area contributed by atoms with E-state index in [4.69, 9.17) is 5.11 Å². The van der Waals surface area contributed by atoms with Crippen molar-refractivity contribution in [1.82, 2.24) is 4.90 Å². The minimum atomic E-state index is -0.936. The minimum Gasteiger partial charge on any atom is -0.480 e. The number of nitrogens with zero attached hydrogens (tertiary/aromatic N) is 1. The fourth-order valence-corrected chi connectivity index (χ4v) is 1.22. The Labute approximate surface area is 94.5 Å². The van der Waals surface area contributed by atoms with E-state index in [1.165, 1.54) is 12.1 Å². The SMILES string of the molecule is CN(Cc1ccc(F)cc1)C(C)(C)C(=O)O. The summed E-state index contributed by atoms with van der Waals surface area (Å²) in [6.07, 6.45) is 0. The fourth-order valence-electron chi connectivity index (χ4n) is 1.22. The highest BCUT2D eigenvalue weighted by molar-refractivity contribution is 5.77. The molecular formula is C12H16FNO2. The largest absolute Gasteiger partial charge is 0.480 e. The zero-order valence-electron chi connectivity index (χ0n) is 9.70. The van der Waals surface area contributed by atoms with Gasteiger partial charge < -0.3 is 5.11 Å². The van der Waals surface area contributed by atoms with Crippen LogP contribution in [0.4, 0.5) is 4.39 Å². The van der Waals surface area contributed by atoms with Crippen molar-refractivity contribution >= 4 is 5.97 Å². The van der Waals surface area contributed by atoms with Crippen LogP contribution in [0.3, 0.4) is 0 Å². The number of likely N-dealkylation sites (N-methyl/N-ethyl adjacent to an activating group) is 1. The summed E-state index contributed by atoms with van der Waals surface area (Å²) in [6, 6.07) is 6.06. The maximum atomic E-state index is 12.7. The molecule has 0 heterocycles. The molecule has 1 N–H and O–H groups in total. The van der Waals surface area contributed by atoms with Crippen LogP contribution in [0.25, 0.3) is 0 Å². The van der Waals surface area contributed by atoms with Crippen molar-refractivity contribution in [3.63, 3.8) is 0 Å². The highest BCUT2D eigenvalue weighted by Crippen LogP contribution is 2.16. The first kappa shape index (κ1) is 12.6. The van der Waals surface area contributed by atoms with Gasteiger partial charge in [-0.1, -0.05) is 12.1 Å². The zero-order valence-corrected chi connectivity index (χ0v) is 9.70. The normalized spacial score (nSPS) is 11.8. The third-order valence-electron chi connectivity index (χ3n) is 2.81. The summed E-state index contributed by atoms with van der Waals surface area (Å²) in [7, 11) is 1.73. The summed E-state index contributed by atoms with van der Waals surface area (Å²) in [5, 5.41) is 9.03. The summed E-state index contributed by atoms with van der Waals surface area (Å²) < 4.78 is 12.7. The van der Waals surface area contributed by atoms with Gasteiger partial charge in [0, 0.05) is 6.54 Å². The van der Waals surface area contributed by atoms with Gasteiger partial charge in [0.1, 0.15) is 11.4 Å². The van der Waals surface area contributed by atoms with Gasteiger partial charge in [-0.2, -0.15) is 0 Å². The second kappa shape index (κ2) is 4.61. The van der Waals surface area contributed by atoms with Gasteiger partial charge in [-0.05, 0) is 38.6 Å². The second-order valence-electron chi connectivity index (χ2n) is 4.35. The molecule has 0 saturated carbocycles. The van der Waals surface area contributed by atoms with Gasteiger partial charge in [0.2, 0.25) is 0 Å². The van der Waals surface area contributed by atoms with Crippen molar-refractivity contribution in [2.45, 2.75) is 25.9 Å². The quantitative estimate of drug-likeness (QED) is 0.853. The number of rotatable bonds is 4. The molecule has 0 aliphatic rings. The summed E-state index contributed by atoms with van der Waals surface area (Å²) in [5.41, 5.74) is -0.0489. The van der Waals surface area contributed by atoms with Crippen LogP contribution in [0.5, 0.6) is 0 Å². The van der Waals surface area contributed by atoms with Gasteiger partial charge in [0.15, 0.2) is 0 Å². The molecule has 0 aliphatic carbocycles. The van der Waals surface area contributed by atoms with Gasteiger partial charge in [0.05, 0.1) is 0 Å². The van der Waals surface area contributed by atoms with Crippen LogP contribution >= 0.6 is 0 Å². The molecule has 0 aliphatic heterocycles. The first-order valence-electron chi connectivity index (χ1n) is 5.03. The number of carboxylic acids is 1. The highest BCUT2D eigenvalue weighted by atomic mass is 19.1. The summed E-state index contributed by atoms with van der Waals surface area (Å²) in [5.74, 6) is -1.17. The predicted octanol–water partition coefficient (Wildman–Crippen LogP) is 2.12. The Bertz CT molecular complexity index is 373. The Balaban J connectivity index is 2.75. The molecule has 0 spiro atoms. The number of carboxylic acid groups (broad SMARTS) is 1. The Hall–Kier alpha value is -1.42. The van der Waals surface area contributed by atoms with Gasteiger partial charge in [-0.25, -0.2) is 4.39 Å². The van der Waals surface area contributed by atoms with E-state index < -0.39 is 11.5 Å². The number of halogens is 1. The second-order valence-corrected chi connectivity index (χ2v) is 4.35. The lowest BCUT2D eigenvalue weighted by Crippen LogP contribution is -2.47. The molecule has 0 fully saturated rings. The Morgan fingerprint density at radius 3 is 2.31 bits per heavy atom. The lowest BCUT2D eigenvalue weighted by atomic mass is 10.0. The molecule has 1 aromatic carbocycles. The van der Waals surface area contributed by atoms with E-state index in [0.717, 1.165) is 5.56 Å². The van der Waals surface area contributed by atoms with Crippen LogP contribution in [0.15, 0.2) is 24.3 Å². The molecule has 16 heavy (non-hydrogen) atoms. The van der Waals surface area contributed by atoms with E-state index in [1.807, 2.05) is 0 Å². The van der Waals surface area contributed by atoms with Crippen LogP contribution in [0, 0.1) is 5.82 Å². The minimum absolute atomic E-state index is 0.288. The molecule has 1 aromatic rings. The van der Waals surface area contributed by atoms with Crippen molar-refractivity contribution < 1.29 is 14.3 Å². The molecule has 88 valence electrons. The first-order valence-corrected chi connectivity index (χ1v) is 5.03. The molecule has 0 bridgehead atoms. The van der Waals surface area contributed by atoms with E-state index in [1.54, 1.807) is 37.9 Å². The molecule has 0 radical (unpaired) electrons. The summed E-state index contributed by atoms with van der Waals surface area (Å²) >= 11 is 0. The maximum Gasteiger partial charge on any atom is 0.323 e. The van der Waals surface area contributed by atoms with Gasteiger partial charge in [-0.15, -0.1) is 0 Å². The van der Waals surface area contributed by atoms with E-state index in [9.17, 15) is 9.18 Å². The van der Waals surface area contributed by atoms with Gasteiger partial charge >= 0.3 is 5.97 Å². The van der Waals surface area contributed by atoms with E-state index in [-0.39, 0.29) is 5.82 Å². The average molecular weight is 225 g/mol. The molecule has 0 aromatic heterocycles. The monoisotopic (exact) mass is 225 g/mol. The van der Waals surface area contributed by atoms with E-state index in [2.05, 4.69) is 0 Å². The Kier molecular flexibility index (Phi) is 3.65. The summed E-state index contributed by atoms with van der Waals surface area (Å²) in [4.78, 5) is 12.7. The number of hydrogen-bond donors (Lipinski definition) is 1. The van der Waals surface area contributed by atoms with Crippen molar-refractivity contribution in [3.8, 4) is 0 Å². The van der Waals surface area contributed by atoms with Crippen LogP contribution in [0.1, 0.15) is 19.4 Å². The molecule has 3 nitrogen and oxygen atoms in total. The van der Waals surface area contributed by atoms with Crippen LogP contribution < -0.4 is 0 Å². The lowest BCUT2D eigenvalue weighted by Gasteiger charge is -2.31. The highest BCUT2D eigenvalue weighted by Gasteiger charge is 2.31. The standard InChI is InChI=1S/C12H16FNO2/c1-12(2,11(15)16)14(3)8-9-4-6-10(13)7-5-9/h4-7H,8H2,1-3H3,(H,15,16). The molecule has 1 rings (SSSR count). The number of benzene rings is 1. The third kappa shape index (κ3) is 2.79. The summed E-state index contributed by atoms with van der Waals surface area (Å²) in [6.45, 7) is 3.75.